The molecule has 0 aromatic rings. The molecule has 1 heterocycles. The van der Waals surface area contributed by atoms with Crippen molar-refractivity contribution in [3.8, 4) is 0 Å². The Labute approximate surface area is 111 Å². The van der Waals surface area contributed by atoms with Gasteiger partial charge in [-0.3, -0.25) is 4.90 Å². The molecule has 2 atom stereocenters. The Hall–Kier alpha value is -1.95. The van der Waals surface area contributed by atoms with Crippen molar-refractivity contribution in [1.29, 1.82) is 5.53 Å². The van der Waals surface area contributed by atoms with Crippen LogP contribution < -0.4 is 4.91 Å². The van der Waals surface area contributed by atoms with Crippen molar-refractivity contribution in [3.63, 3.8) is 0 Å². The molecule has 0 aliphatic carbocycles. The van der Waals surface area contributed by atoms with Crippen LogP contribution in [0.25, 0.3) is 0 Å². The molecule has 0 bridgehead atoms. The predicted octanol–water partition coefficient (Wildman–Crippen LogP) is 1.09. The van der Waals surface area contributed by atoms with Crippen LogP contribution in [-0.4, -0.2) is 48.3 Å². The molecular formula is C11H19N4O4+. The predicted molar refractivity (Wildman–Crippen MR) is 64.4 cm³/mol. The highest BCUT2D eigenvalue weighted by Gasteiger charge is 2.44. The van der Waals surface area contributed by atoms with Gasteiger partial charge in [0.2, 0.25) is 4.91 Å². The Morgan fingerprint density at radius 3 is 2.53 bits per heavy atom. The van der Waals surface area contributed by atoms with Gasteiger partial charge in [0.25, 0.3) is 0 Å². The molecule has 8 heteroatoms. The third-order valence-corrected chi connectivity index (χ3v) is 2.60. The zero-order valence-corrected chi connectivity index (χ0v) is 11.5. The van der Waals surface area contributed by atoms with E-state index in [4.69, 9.17) is 10.3 Å². The summed E-state index contributed by atoms with van der Waals surface area (Å²) in [6, 6.07) is -1.12. The third-order valence-electron chi connectivity index (χ3n) is 2.60. The maximum Gasteiger partial charge on any atom is 0.411 e. The van der Waals surface area contributed by atoms with Crippen LogP contribution in [-0.2, 0) is 14.3 Å². The molecule has 0 aromatic carbocycles. The second-order valence-electron chi connectivity index (χ2n) is 5.28. The fraction of sp³-hybridized carbons (Fsp3) is 0.818. The number of esters is 1. The molecule has 1 fully saturated rings. The van der Waals surface area contributed by atoms with Crippen LogP contribution in [0, 0.1) is 5.53 Å². The van der Waals surface area contributed by atoms with Gasteiger partial charge in [0.15, 0.2) is 6.04 Å². The lowest BCUT2D eigenvalue weighted by atomic mass is 10.2. The average molecular weight is 271 g/mol. The summed E-state index contributed by atoms with van der Waals surface area (Å²) in [4.78, 5) is 27.9. The summed E-state index contributed by atoms with van der Waals surface area (Å²) in [7, 11) is 1.26. The summed E-state index contributed by atoms with van der Waals surface area (Å²) in [6.45, 7) is 5.43. The van der Waals surface area contributed by atoms with Crippen molar-refractivity contribution >= 4 is 12.1 Å². The van der Waals surface area contributed by atoms with Gasteiger partial charge >= 0.3 is 12.1 Å². The van der Waals surface area contributed by atoms with Crippen molar-refractivity contribution in [2.75, 3.05) is 13.7 Å². The first-order valence-corrected chi connectivity index (χ1v) is 5.92. The van der Waals surface area contributed by atoms with Gasteiger partial charge in [-0.15, -0.1) is 0 Å². The van der Waals surface area contributed by atoms with Gasteiger partial charge in [-0.05, 0) is 20.8 Å². The number of likely N-dealkylation sites (tertiary alicyclic amines) is 1. The molecule has 1 aliphatic heterocycles. The second kappa shape index (κ2) is 5.79. The summed E-state index contributed by atoms with van der Waals surface area (Å²) >= 11 is 0. The molecule has 1 N–H and O–H groups in total. The molecule has 0 saturated carbocycles. The Bertz CT molecular complexity index is 411. The second-order valence-corrected chi connectivity index (χ2v) is 5.28. The van der Waals surface area contributed by atoms with Gasteiger partial charge in [-0.1, -0.05) is 0 Å². The smallest absolute Gasteiger partial charge is 0.411 e. The fourth-order valence-electron chi connectivity index (χ4n) is 1.86. The molecule has 1 saturated heterocycles. The Morgan fingerprint density at radius 1 is 1.42 bits per heavy atom. The highest BCUT2D eigenvalue weighted by Crippen LogP contribution is 2.23. The van der Waals surface area contributed by atoms with Crippen molar-refractivity contribution < 1.29 is 19.1 Å². The average Bonchev–Trinajstić information content (AvgIpc) is 2.70. The fourth-order valence-corrected chi connectivity index (χ4v) is 1.86. The number of methoxy groups -OCH3 is 1. The van der Waals surface area contributed by atoms with E-state index in [-0.39, 0.29) is 19.0 Å². The number of amides is 1. The normalized spacial score (nSPS) is 22.6. The monoisotopic (exact) mass is 271 g/mol. The van der Waals surface area contributed by atoms with Crippen LogP contribution in [0.4, 0.5) is 4.79 Å². The van der Waals surface area contributed by atoms with E-state index < -0.39 is 23.7 Å². The summed E-state index contributed by atoms with van der Waals surface area (Å²) in [6.07, 6.45) is -0.306. The van der Waals surface area contributed by atoms with Gasteiger partial charge in [0.1, 0.15) is 22.3 Å². The Balaban J connectivity index is 2.85. The zero-order chi connectivity index (χ0) is 14.6. The SMILES string of the molecule is COC(=O)[C@@H]1C[C@@H](N=[N+]=N)CN1C(=O)OC(C)(C)C. The maximum absolute atomic E-state index is 12.0. The number of hydrogen-bond acceptors (Lipinski definition) is 6. The van der Waals surface area contributed by atoms with E-state index in [9.17, 15) is 9.59 Å². The molecule has 0 spiro atoms. The highest BCUT2D eigenvalue weighted by atomic mass is 16.6. The minimum absolute atomic E-state index is 0.192. The van der Waals surface area contributed by atoms with Crippen LogP contribution in [0.3, 0.4) is 0 Å². The van der Waals surface area contributed by atoms with Crippen molar-refractivity contribution in [2.45, 2.75) is 44.9 Å². The van der Waals surface area contributed by atoms with Crippen LogP contribution in [0.15, 0.2) is 5.11 Å². The molecule has 19 heavy (non-hydrogen) atoms. The molecular weight excluding hydrogens is 252 g/mol. The van der Waals surface area contributed by atoms with Gasteiger partial charge in [-0.25, -0.2) is 9.59 Å². The summed E-state index contributed by atoms with van der Waals surface area (Å²) < 4.78 is 9.90. The lowest BCUT2D eigenvalue weighted by Gasteiger charge is -2.27. The number of nitrogens with one attached hydrogen (secondary N) is 1. The standard InChI is InChI=1S/C11H19N4O4/c1-11(2,3)19-10(17)15-6-7(13-14-12)5-8(15)9(16)18-4/h7-8,12H,5-6H2,1-4H3/q+1/t7-,8+/m1/s1. The topological polar surface area (TPSA) is 106 Å². The van der Waals surface area contributed by atoms with Crippen LogP contribution in [0.1, 0.15) is 27.2 Å². The van der Waals surface area contributed by atoms with Gasteiger partial charge in [0.05, 0.1) is 13.7 Å². The molecule has 0 aromatic heterocycles. The number of rotatable bonds is 2. The number of hydrogen-bond donors (Lipinski definition) is 1. The number of carbonyl (C=O) groups excluding carboxylic acids is 2. The lowest BCUT2D eigenvalue weighted by molar-refractivity contribution is -0.145. The minimum atomic E-state index is -0.740. The van der Waals surface area contributed by atoms with Crippen LogP contribution in [0.5, 0.6) is 0 Å². The minimum Gasteiger partial charge on any atom is -0.467 e. The molecule has 0 radical (unpaired) electrons. The number of nitrogens with zero attached hydrogens (tertiary/aromatic N) is 3. The van der Waals surface area contributed by atoms with E-state index in [1.165, 1.54) is 12.0 Å². The van der Waals surface area contributed by atoms with Crippen molar-refractivity contribution in [2.24, 2.45) is 5.11 Å². The summed E-state index contributed by atoms with van der Waals surface area (Å²) in [5.41, 5.74) is 6.06. The molecule has 1 rings (SSSR count). The van der Waals surface area contributed by atoms with Crippen LogP contribution >= 0.6 is 0 Å². The molecule has 1 aliphatic rings. The first-order chi connectivity index (χ1) is 8.78. The molecule has 106 valence electrons. The van der Waals surface area contributed by atoms with E-state index >= 15 is 0 Å². The first kappa shape index (κ1) is 15.1. The van der Waals surface area contributed by atoms with E-state index in [1.54, 1.807) is 20.8 Å². The van der Waals surface area contributed by atoms with E-state index in [2.05, 4.69) is 14.8 Å². The summed E-state index contributed by atoms with van der Waals surface area (Å²) in [5, 5.41) is 3.65. The summed E-state index contributed by atoms with van der Waals surface area (Å²) in [5.74, 6) is -0.520. The van der Waals surface area contributed by atoms with Gasteiger partial charge < -0.3 is 9.47 Å². The Kier molecular flexibility index (Phi) is 4.61. The van der Waals surface area contributed by atoms with E-state index in [0.29, 0.717) is 0 Å². The largest absolute Gasteiger partial charge is 0.467 e. The zero-order valence-electron chi connectivity index (χ0n) is 11.5. The van der Waals surface area contributed by atoms with E-state index in [0.717, 1.165) is 0 Å². The van der Waals surface area contributed by atoms with Crippen molar-refractivity contribution in [1.82, 2.24) is 9.81 Å². The lowest BCUT2D eigenvalue weighted by Crippen LogP contribution is -2.43. The Morgan fingerprint density at radius 2 is 2.05 bits per heavy atom. The van der Waals surface area contributed by atoms with Gasteiger partial charge in [-0.2, -0.15) is 0 Å². The maximum atomic E-state index is 12.0. The van der Waals surface area contributed by atoms with Crippen LogP contribution in [0.2, 0.25) is 0 Å². The van der Waals surface area contributed by atoms with Gasteiger partial charge in [0, 0.05) is 6.42 Å². The highest BCUT2D eigenvalue weighted by molar-refractivity contribution is 5.82. The number of carbonyl (C=O) groups is 2. The molecule has 0 unspecified atom stereocenters. The quantitative estimate of drug-likeness (QED) is 0.461. The molecule has 8 nitrogen and oxygen atoms in total. The van der Waals surface area contributed by atoms with Crippen molar-refractivity contribution in [3.05, 3.63) is 0 Å². The van der Waals surface area contributed by atoms with E-state index in [1.807, 2.05) is 0 Å². The molecule has 1 amide bonds. The first-order valence-electron chi connectivity index (χ1n) is 5.92. The number of ether oxygens (including phenoxy) is 2. The third kappa shape index (κ3) is 4.03.